The molecule has 4 aliphatic rings. The summed E-state index contributed by atoms with van der Waals surface area (Å²) in [6.07, 6.45) is 0. The van der Waals surface area contributed by atoms with Gasteiger partial charge in [-0.25, -0.2) is 0 Å². The minimum atomic E-state index is -1.25. The van der Waals surface area contributed by atoms with Crippen molar-refractivity contribution in [2.24, 2.45) is 11.8 Å². The van der Waals surface area contributed by atoms with E-state index in [4.69, 9.17) is 23.2 Å². The summed E-state index contributed by atoms with van der Waals surface area (Å²) in [7, 11) is 0. The van der Waals surface area contributed by atoms with Crippen LogP contribution in [0.2, 0.25) is 0 Å². The van der Waals surface area contributed by atoms with Crippen LogP contribution in [0.3, 0.4) is 0 Å². The SMILES string of the molecule is Cc1cccc(C)c1NC(=O)CN1C(=O)[C@@H]2[C@@H](C1=O)C1(Cl)c3ccccc3C2(Cl)c2ccccc21. The molecule has 0 radical (unpaired) electrons. The molecule has 0 saturated carbocycles. The summed E-state index contributed by atoms with van der Waals surface area (Å²) in [4.78, 5) is 39.2. The molecule has 0 unspecified atom stereocenters. The number of amides is 3. The number of imide groups is 1. The zero-order valence-corrected chi connectivity index (χ0v) is 20.7. The van der Waals surface area contributed by atoms with E-state index < -0.39 is 45.9 Å². The number of benzene rings is 3. The molecule has 35 heavy (non-hydrogen) atoms. The van der Waals surface area contributed by atoms with E-state index in [9.17, 15) is 14.4 Å². The lowest BCUT2D eigenvalue weighted by atomic mass is 9.54. The average molecular weight is 505 g/mol. The second kappa shape index (κ2) is 7.42. The Kier molecular flexibility index (Phi) is 4.73. The van der Waals surface area contributed by atoms with Crippen molar-refractivity contribution in [3.63, 3.8) is 0 Å². The van der Waals surface area contributed by atoms with Gasteiger partial charge in [-0.2, -0.15) is 0 Å². The van der Waals surface area contributed by atoms with Gasteiger partial charge in [0.15, 0.2) is 0 Å². The van der Waals surface area contributed by atoms with Crippen LogP contribution < -0.4 is 5.32 Å². The Balaban J connectivity index is 1.42. The van der Waals surface area contributed by atoms with Crippen LogP contribution in [0.15, 0.2) is 66.7 Å². The Labute approximate surface area is 213 Å². The van der Waals surface area contributed by atoms with Gasteiger partial charge in [0.2, 0.25) is 17.7 Å². The molecule has 7 heteroatoms. The first-order chi connectivity index (χ1) is 16.7. The minimum Gasteiger partial charge on any atom is -0.324 e. The van der Waals surface area contributed by atoms with Gasteiger partial charge in [-0.3, -0.25) is 19.3 Å². The molecule has 3 amide bonds. The van der Waals surface area contributed by atoms with Crippen LogP contribution in [0.4, 0.5) is 5.69 Å². The number of anilines is 1. The summed E-state index contributed by atoms with van der Waals surface area (Å²) in [5.41, 5.74) is 5.42. The predicted octanol–water partition coefficient (Wildman–Crippen LogP) is 4.84. The lowest BCUT2D eigenvalue weighted by Crippen LogP contribution is -2.57. The standard InChI is InChI=1S/C28H22Cl2N2O3/c1-15-8-7-9-16(2)24(15)31-21(33)14-32-25(34)22-23(26(32)35)28(30)18-11-4-3-10-17(18)27(22,29)19-12-5-6-13-20(19)28/h3-13,22-23H,14H2,1-2H3,(H,31,33)/t22-,23-,27?,28?/m0/s1. The highest BCUT2D eigenvalue weighted by atomic mass is 35.5. The first-order valence-corrected chi connectivity index (χ1v) is 12.3. The highest BCUT2D eigenvalue weighted by molar-refractivity contribution is 6.36. The van der Waals surface area contributed by atoms with Crippen molar-refractivity contribution in [2.45, 2.75) is 23.6 Å². The lowest BCUT2D eigenvalue weighted by Gasteiger charge is -2.54. The van der Waals surface area contributed by atoms with Crippen molar-refractivity contribution in [3.8, 4) is 0 Å². The van der Waals surface area contributed by atoms with Gasteiger partial charge in [0.25, 0.3) is 0 Å². The third-order valence-electron chi connectivity index (χ3n) is 7.72. The van der Waals surface area contributed by atoms with Gasteiger partial charge >= 0.3 is 0 Å². The number of aryl methyl sites for hydroxylation is 2. The molecule has 0 spiro atoms. The molecule has 2 bridgehead atoms. The van der Waals surface area contributed by atoms with Gasteiger partial charge < -0.3 is 5.32 Å². The molecule has 1 N–H and O–H groups in total. The van der Waals surface area contributed by atoms with Crippen molar-refractivity contribution in [1.82, 2.24) is 4.90 Å². The minimum absolute atomic E-state index is 0.398. The van der Waals surface area contributed by atoms with E-state index in [-0.39, 0.29) is 0 Å². The average Bonchev–Trinajstić information content (AvgIpc) is 3.11. The summed E-state index contributed by atoms with van der Waals surface area (Å²) < 4.78 is 0. The number of hydrogen-bond acceptors (Lipinski definition) is 3. The zero-order valence-electron chi connectivity index (χ0n) is 19.1. The van der Waals surface area contributed by atoms with Crippen LogP contribution in [-0.2, 0) is 24.1 Å². The van der Waals surface area contributed by atoms with Gasteiger partial charge in [0, 0.05) is 5.69 Å². The normalized spacial score (nSPS) is 27.9. The van der Waals surface area contributed by atoms with Crippen LogP contribution in [0, 0.1) is 25.7 Å². The number of hydrogen-bond donors (Lipinski definition) is 1. The van der Waals surface area contributed by atoms with E-state index in [1.807, 2.05) is 80.6 Å². The molecule has 2 atom stereocenters. The monoisotopic (exact) mass is 504 g/mol. The number of rotatable bonds is 3. The Morgan fingerprint density at radius 1 is 0.771 bits per heavy atom. The maximum absolute atomic E-state index is 13.8. The van der Waals surface area contributed by atoms with Gasteiger partial charge in [-0.15, -0.1) is 23.2 Å². The third-order valence-corrected chi connectivity index (χ3v) is 9.01. The summed E-state index contributed by atoms with van der Waals surface area (Å²) in [5.74, 6) is -3.21. The van der Waals surface area contributed by atoms with Crippen molar-refractivity contribution in [3.05, 3.63) is 100 Å². The number of nitrogens with zero attached hydrogens (tertiary/aromatic N) is 1. The Morgan fingerprint density at radius 2 is 1.17 bits per heavy atom. The third kappa shape index (κ3) is 2.74. The Morgan fingerprint density at radius 3 is 1.57 bits per heavy atom. The smallest absolute Gasteiger partial charge is 0.244 e. The fraction of sp³-hybridized carbons (Fsp3) is 0.250. The molecule has 7 rings (SSSR count). The second-order valence-corrected chi connectivity index (χ2v) is 10.7. The molecule has 1 heterocycles. The Hall–Kier alpha value is -3.15. The van der Waals surface area contributed by atoms with E-state index in [0.29, 0.717) is 5.69 Å². The molecule has 176 valence electrons. The van der Waals surface area contributed by atoms with E-state index in [1.165, 1.54) is 0 Å². The molecule has 3 aromatic rings. The molecular weight excluding hydrogens is 483 g/mol. The van der Waals surface area contributed by atoms with Crippen LogP contribution in [0.1, 0.15) is 33.4 Å². The topological polar surface area (TPSA) is 66.5 Å². The van der Waals surface area contributed by atoms with E-state index in [0.717, 1.165) is 38.3 Å². The molecule has 0 aromatic heterocycles. The molecule has 3 aromatic carbocycles. The van der Waals surface area contributed by atoms with Gasteiger partial charge in [0.1, 0.15) is 16.3 Å². The van der Waals surface area contributed by atoms with E-state index in [2.05, 4.69) is 5.32 Å². The highest BCUT2D eigenvalue weighted by Crippen LogP contribution is 2.69. The van der Waals surface area contributed by atoms with Gasteiger partial charge in [-0.05, 0) is 47.2 Å². The van der Waals surface area contributed by atoms with Crippen molar-refractivity contribution < 1.29 is 14.4 Å². The van der Waals surface area contributed by atoms with Crippen LogP contribution in [-0.4, -0.2) is 29.2 Å². The number of nitrogens with one attached hydrogen (secondary N) is 1. The summed E-state index contributed by atoms with van der Waals surface area (Å²) in [6.45, 7) is 3.39. The molecule has 1 fully saturated rings. The first-order valence-electron chi connectivity index (χ1n) is 11.5. The van der Waals surface area contributed by atoms with Crippen LogP contribution >= 0.6 is 23.2 Å². The number of halogens is 2. The van der Waals surface area contributed by atoms with Crippen molar-refractivity contribution in [1.29, 1.82) is 0 Å². The zero-order chi connectivity index (χ0) is 24.7. The largest absolute Gasteiger partial charge is 0.324 e. The van der Waals surface area contributed by atoms with Crippen LogP contribution in [0.5, 0.6) is 0 Å². The molecule has 1 saturated heterocycles. The fourth-order valence-corrected chi connectivity index (χ4v) is 7.31. The van der Waals surface area contributed by atoms with E-state index in [1.54, 1.807) is 0 Å². The maximum Gasteiger partial charge on any atom is 0.244 e. The summed E-state index contributed by atoms with van der Waals surface area (Å²) >= 11 is 14.8. The van der Waals surface area contributed by atoms with Crippen molar-refractivity contribution in [2.75, 3.05) is 11.9 Å². The predicted molar refractivity (Wildman–Crippen MR) is 134 cm³/mol. The quantitative estimate of drug-likeness (QED) is 0.410. The number of carbonyl (C=O) groups is 3. The Bertz CT molecular complexity index is 1310. The fourth-order valence-electron chi connectivity index (χ4n) is 6.21. The summed E-state index contributed by atoms with van der Waals surface area (Å²) in [5, 5.41) is 2.87. The number of alkyl halides is 2. The second-order valence-electron chi connectivity index (χ2n) is 9.55. The van der Waals surface area contributed by atoms with Crippen LogP contribution in [0.25, 0.3) is 0 Å². The number of carbonyl (C=O) groups excluding carboxylic acids is 3. The lowest BCUT2D eigenvalue weighted by molar-refractivity contribution is -0.142. The summed E-state index contributed by atoms with van der Waals surface area (Å²) in [6, 6.07) is 20.6. The molecular formula is C28H22Cl2N2O3. The number of para-hydroxylation sites is 1. The van der Waals surface area contributed by atoms with E-state index >= 15 is 0 Å². The first kappa shape index (κ1) is 22.3. The molecule has 5 nitrogen and oxygen atoms in total. The van der Waals surface area contributed by atoms with Gasteiger partial charge in [-0.1, -0.05) is 66.7 Å². The molecule has 1 aliphatic heterocycles. The highest BCUT2D eigenvalue weighted by Gasteiger charge is 2.73. The molecule has 3 aliphatic carbocycles. The maximum atomic E-state index is 13.8. The van der Waals surface area contributed by atoms with Gasteiger partial charge in [0.05, 0.1) is 11.8 Å². The van der Waals surface area contributed by atoms with Crippen molar-refractivity contribution >= 4 is 46.6 Å². The number of likely N-dealkylation sites (tertiary alicyclic amines) is 1.